The number of ketones is 1. The number of carbonyl (C=O) groups excluding carboxylic acids is 2. The minimum Gasteiger partial charge on any atom is -0.396 e. The normalized spacial score (nSPS) is 17.9. The largest absolute Gasteiger partial charge is 0.416 e. The molecule has 1 saturated carbocycles. The van der Waals surface area contributed by atoms with E-state index in [4.69, 9.17) is 5.11 Å². The third-order valence-corrected chi connectivity index (χ3v) is 5.29. The van der Waals surface area contributed by atoms with Crippen LogP contribution in [0.3, 0.4) is 0 Å². The molecule has 0 saturated heterocycles. The van der Waals surface area contributed by atoms with Crippen molar-refractivity contribution >= 4 is 17.5 Å². The summed E-state index contributed by atoms with van der Waals surface area (Å²) in [6.45, 7) is 0.493. The first-order chi connectivity index (χ1) is 14.3. The maximum Gasteiger partial charge on any atom is 0.416 e. The Morgan fingerprint density at radius 3 is 2.80 bits per heavy atom. The van der Waals surface area contributed by atoms with Gasteiger partial charge in [0, 0.05) is 38.3 Å². The molecule has 0 bridgehead atoms. The first kappa shape index (κ1) is 22.0. The topological polar surface area (TPSA) is 84.2 Å². The first-order valence-corrected chi connectivity index (χ1v) is 9.90. The quantitative estimate of drug-likeness (QED) is 0.677. The van der Waals surface area contributed by atoms with Crippen LogP contribution in [0, 0.1) is 5.92 Å². The molecule has 9 heteroatoms. The van der Waals surface area contributed by atoms with Gasteiger partial charge in [0.2, 0.25) is 5.91 Å². The van der Waals surface area contributed by atoms with E-state index >= 15 is 0 Å². The van der Waals surface area contributed by atoms with Crippen molar-refractivity contribution in [1.82, 2.24) is 9.78 Å². The van der Waals surface area contributed by atoms with Gasteiger partial charge in [0.05, 0.1) is 11.5 Å². The van der Waals surface area contributed by atoms with Crippen molar-refractivity contribution < 1.29 is 27.9 Å². The van der Waals surface area contributed by atoms with Crippen LogP contribution in [0.5, 0.6) is 0 Å². The zero-order valence-electron chi connectivity index (χ0n) is 16.4. The lowest BCUT2D eigenvalue weighted by molar-refractivity contribution is -0.137. The van der Waals surface area contributed by atoms with E-state index in [9.17, 15) is 22.8 Å². The Labute approximate surface area is 172 Å². The number of benzene rings is 1. The molecule has 1 unspecified atom stereocenters. The third-order valence-electron chi connectivity index (χ3n) is 5.29. The van der Waals surface area contributed by atoms with Crippen LogP contribution in [0.4, 0.5) is 19.0 Å². The van der Waals surface area contributed by atoms with Crippen LogP contribution in [0.15, 0.2) is 36.5 Å². The van der Waals surface area contributed by atoms with Gasteiger partial charge in [-0.15, -0.1) is 0 Å². The standard InChI is InChI=1S/C21H24F3N3O3/c22-21(23,24)16-4-1-3-15(13-16)18(12-14-5-6-17(29)11-14)20(30)25-19-7-9-27(26-19)8-2-10-28/h1,3-4,7,9,13-14,18,28H,2,5-6,8,10-12H2,(H,25,26,30)/t14-,18?/m0/s1. The number of aliphatic hydroxyl groups excluding tert-OH is 1. The highest BCUT2D eigenvalue weighted by molar-refractivity contribution is 5.95. The van der Waals surface area contributed by atoms with Crippen LogP contribution in [-0.4, -0.2) is 33.2 Å². The van der Waals surface area contributed by atoms with Gasteiger partial charge in [-0.05, 0) is 36.8 Å². The molecule has 2 atom stereocenters. The molecule has 2 N–H and O–H groups in total. The number of hydrogen-bond donors (Lipinski definition) is 2. The van der Waals surface area contributed by atoms with Crippen LogP contribution in [-0.2, 0) is 22.3 Å². The Kier molecular flexibility index (Phi) is 6.91. The molecule has 1 aromatic carbocycles. The molecule has 1 heterocycles. The second-order valence-electron chi connectivity index (χ2n) is 7.59. The lowest BCUT2D eigenvalue weighted by Crippen LogP contribution is -2.24. The van der Waals surface area contributed by atoms with Gasteiger partial charge >= 0.3 is 6.18 Å². The van der Waals surface area contributed by atoms with Crippen LogP contribution >= 0.6 is 0 Å². The number of amides is 1. The van der Waals surface area contributed by atoms with Gasteiger partial charge in [-0.2, -0.15) is 18.3 Å². The van der Waals surface area contributed by atoms with Crippen LogP contribution in [0.25, 0.3) is 0 Å². The number of alkyl halides is 3. The van der Waals surface area contributed by atoms with E-state index in [1.54, 1.807) is 16.9 Å². The Morgan fingerprint density at radius 1 is 1.33 bits per heavy atom. The van der Waals surface area contributed by atoms with Gasteiger partial charge in [-0.3, -0.25) is 14.3 Å². The second kappa shape index (κ2) is 9.42. The van der Waals surface area contributed by atoms with Gasteiger partial charge < -0.3 is 10.4 Å². The first-order valence-electron chi connectivity index (χ1n) is 9.90. The fraction of sp³-hybridized carbons (Fsp3) is 0.476. The number of anilines is 1. The summed E-state index contributed by atoms with van der Waals surface area (Å²) in [5.74, 6) is -0.917. The highest BCUT2D eigenvalue weighted by atomic mass is 19.4. The van der Waals surface area contributed by atoms with Crippen molar-refractivity contribution in [3.8, 4) is 0 Å². The Morgan fingerprint density at radius 2 is 2.13 bits per heavy atom. The van der Waals surface area contributed by atoms with Crippen molar-refractivity contribution in [1.29, 1.82) is 0 Å². The van der Waals surface area contributed by atoms with Crippen molar-refractivity contribution in [2.24, 2.45) is 5.92 Å². The summed E-state index contributed by atoms with van der Waals surface area (Å²) in [6.07, 6.45) is -0.624. The number of nitrogens with zero attached hydrogens (tertiary/aromatic N) is 2. The average molecular weight is 423 g/mol. The van der Waals surface area contributed by atoms with E-state index in [1.807, 2.05) is 0 Å². The van der Waals surface area contributed by atoms with Gasteiger partial charge in [0.15, 0.2) is 5.82 Å². The monoisotopic (exact) mass is 423 g/mol. The maximum atomic E-state index is 13.2. The number of halogens is 3. The van der Waals surface area contributed by atoms with Crippen molar-refractivity contribution in [3.63, 3.8) is 0 Å². The number of rotatable bonds is 8. The number of aromatic nitrogens is 2. The molecular formula is C21H24F3N3O3. The summed E-state index contributed by atoms with van der Waals surface area (Å²) in [7, 11) is 0. The molecule has 2 aromatic rings. The second-order valence-corrected chi connectivity index (χ2v) is 7.59. The smallest absolute Gasteiger partial charge is 0.396 e. The summed E-state index contributed by atoms with van der Waals surface area (Å²) < 4.78 is 41.1. The molecule has 1 aromatic heterocycles. The Bertz CT molecular complexity index is 895. The SMILES string of the molecule is O=C1CC[C@H](CC(C(=O)Nc2ccn(CCCO)n2)c2cccc(C(F)(F)F)c2)C1. The molecule has 6 nitrogen and oxygen atoms in total. The van der Waals surface area contributed by atoms with Crippen molar-refractivity contribution in [2.45, 2.75) is 50.7 Å². The zero-order valence-corrected chi connectivity index (χ0v) is 16.4. The van der Waals surface area contributed by atoms with Crippen LogP contribution in [0.1, 0.15) is 49.1 Å². The van der Waals surface area contributed by atoms with Gasteiger partial charge in [-0.1, -0.05) is 18.2 Å². The predicted octanol–water partition coefficient (Wildman–Crippen LogP) is 3.77. The van der Waals surface area contributed by atoms with E-state index in [2.05, 4.69) is 10.4 Å². The molecular weight excluding hydrogens is 399 g/mol. The molecule has 0 radical (unpaired) electrons. The molecule has 1 amide bonds. The number of aliphatic hydroxyl groups is 1. The molecule has 1 aliphatic rings. The summed E-state index contributed by atoms with van der Waals surface area (Å²) in [4.78, 5) is 24.6. The summed E-state index contributed by atoms with van der Waals surface area (Å²) >= 11 is 0. The highest BCUT2D eigenvalue weighted by Gasteiger charge is 2.34. The van der Waals surface area contributed by atoms with Crippen LogP contribution in [0.2, 0.25) is 0 Å². The van der Waals surface area contributed by atoms with Crippen LogP contribution < -0.4 is 5.32 Å². The highest BCUT2D eigenvalue weighted by Crippen LogP contribution is 2.36. The predicted molar refractivity (Wildman–Crippen MR) is 104 cm³/mol. The lowest BCUT2D eigenvalue weighted by atomic mass is 9.86. The maximum absolute atomic E-state index is 13.2. The fourth-order valence-corrected chi connectivity index (χ4v) is 3.75. The molecule has 1 aliphatic carbocycles. The summed E-state index contributed by atoms with van der Waals surface area (Å²) in [5.41, 5.74) is -0.546. The van der Waals surface area contributed by atoms with Crippen molar-refractivity contribution in [3.05, 3.63) is 47.7 Å². The minimum absolute atomic E-state index is 0.0132. The van der Waals surface area contributed by atoms with Crippen molar-refractivity contribution in [2.75, 3.05) is 11.9 Å². The molecule has 0 spiro atoms. The molecule has 30 heavy (non-hydrogen) atoms. The number of Topliss-reactive ketones (excluding diaryl/α,β-unsaturated/α-hetero) is 1. The zero-order chi connectivity index (χ0) is 21.7. The van der Waals surface area contributed by atoms with E-state index in [0.717, 1.165) is 12.1 Å². The van der Waals surface area contributed by atoms with E-state index < -0.39 is 23.6 Å². The summed E-state index contributed by atoms with van der Waals surface area (Å²) in [5, 5.41) is 15.8. The molecule has 3 rings (SSSR count). The fourth-order valence-electron chi connectivity index (χ4n) is 3.75. The number of carbonyl (C=O) groups is 2. The Hall–Kier alpha value is -2.68. The number of hydrogen-bond acceptors (Lipinski definition) is 4. The number of nitrogens with one attached hydrogen (secondary N) is 1. The molecule has 0 aliphatic heterocycles. The molecule has 162 valence electrons. The number of aryl methyl sites for hydroxylation is 1. The van der Waals surface area contributed by atoms with E-state index in [1.165, 1.54) is 12.1 Å². The third kappa shape index (κ3) is 5.69. The van der Waals surface area contributed by atoms with Gasteiger partial charge in [-0.25, -0.2) is 0 Å². The van der Waals surface area contributed by atoms with Gasteiger partial charge in [0.1, 0.15) is 5.78 Å². The molecule has 1 fully saturated rings. The van der Waals surface area contributed by atoms with E-state index in [-0.39, 0.29) is 29.7 Å². The summed E-state index contributed by atoms with van der Waals surface area (Å²) in [6, 6.07) is 6.37. The van der Waals surface area contributed by atoms with Gasteiger partial charge in [0.25, 0.3) is 0 Å². The average Bonchev–Trinajstić information content (AvgIpc) is 3.32. The van der Waals surface area contributed by atoms with E-state index in [0.29, 0.717) is 38.6 Å². The minimum atomic E-state index is -4.51. The Balaban J connectivity index is 1.81. The lowest BCUT2D eigenvalue weighted by Gasteiger charge is -2.21.